The van der Waals surface area contributed by atoms with E-state index in [0.29, 0.717) is 4.90 Å². The third kappa shape index (κ3) is 3.01. The average Bonchev–Trinajstić information content (AvgIpc) is 2.46. The lowest BCUT2D eigenvalue weighted by Crippen LogP contribution is -2.42. The molecule has 1 aliphatic rings. The minimum atomic E-state index is -1.34. The summed E-state index contributed by atoms with van der Waals surface area (Å²) in [5, 5.41) is 14.2. The van der Waals surface area contributed by atoms with Crippen molar-refractivity contribution in [2.75, 3.05) is 7.05 Å². The van der Waals surface area contributed by atoms with Gasteiger partial charge in [0.05, 0.1) is 21.0 Å². The van der Waals surface area contributed by atoms with Crippen molar-refractivity contribution in [3.63, 3.8) is 0 Å². The lowest BCUT2D eigenvalue weighted by atomic mass is 9.95. The van der Waals surface area contributed by atoms with E-state index in [1.807, 2.05) is 7.05 Å². The summed E-state index contributed by atoms with van der Waals surface area (Å²) >= 11 is 0. The number of benzene rings is 1. The molecule has 1 aliphatic carbocycles. The fourth-order valence-corrected chi connectivity index (χ4v) is 4.46. The summed E-state index contributed by atoms with van der Waals surface area (Å²) in [5.41, 5.74) is -0.0405. The number of para-hydroxylation sites is 1. The van der Waals surface area contributed by atoms with E-state index in [1.165, 1.54) is 6.07 Å². The molecule has 2 rings (SSSR count). The zero-order valence-electron chi connectivity index (χ0n) is 10.9. The van der Waals surface area contributed by atoms with Crippen LogP contribution in [0.15, 0.2) is 29.2 Å². The second kappa shape index (κ2) is 6.25. The molecule has 1 N–H and O–H groups in total. The molecule has 5 nitrogen and oxygen atoms in total. The van der Waals surface area contributed by atoms with Crippen molar-refractivity contribution < 1.29 is 9.13 Å². The molecule has 0 aromatic heterocycles. The molecular formula is C13H18N2O3S. The molecule has 1 fully saturated rings. The Morgan fingerprint density at radius 1 is 1.32 bits per heavy atom. The standard InChI is InChI=1S/C13H18N2O3S/c1-14-10-6-2-4-8-12(10)19(18)13-9-5-3-7-11(13)15(16)17/h3,5,7,9-10,12,14H,2,4,6,8H2,1H3. The molecule has 0 spiro atoms. The second-order valence-electron chi connectivity index (χ2n) is 4.74. The van der Waals surface area contributed by atoms with Gasteiger partial charge in [-0.2, -0.15) is 0 Å². The van der Waals surface area contributed by atoms with Gasteiger partial charge in [-0.1, -0.05) is 25.0 Å². The average molecular weight is 282 g/mol. The van der Waals surface area contributed by atoms with E-state index in [4.69, 9.17) is 0 Å². The molecule has 0 heterocycles. The van der Waals surface area contributed by atoms with Crippen molar-refractivity contribution in [2.45, 2.75) is 41.9 Å². The molecule has 104 valence electrons. The van der Waals surface area contributed by atoms with Crippen LogP contribution >= 0.6 is 0 Å². The summed E-state index contributed by atoms with van der Waals surface area (Å²) in [6.45, 7) is 0. The van der Waals surface area contributed by atoms with E-state index in [-0.39, 0.29) is 17.0 Å². The zero-order chi connectivity index (χ0) is 13.8. The highest BCUT2D eigenvalue weighted by molar-refractivity contribution is 7.86. The summed E-state index contributed by atoms with van der Waals surface area (Å²) in [7, 11) is 0.525. The van der Waals surface area contributed by atoms with Gasteiger partial charge in [-0.15, -0.1) is 0 Å². The van der Waals surface area contributed by atoms with Gasteiger partial charge >= 0.3 is 0 Å². The van der Waals surface area contributed by atoms with Crippen LogP contribution in [0.4, 0.5) is 5.69 Å². The Morgan fingerprint density at radius 3 is 2.68 bits per heavy atom. The van der Waals surface area contributed by atoms with Gasteiger partial charge in [-0.05, 0) is 26.0 Å². The number of rotatable bonds is 4. The Balaban J connectivity index is 2.30. The zero-order valence-corrected chi connectivity index (χ0v) is 11.7. The maximum Gasteiger partial charge on any atom is 0.285 e. The minimum absolute atomic E-state index is 0.0405. The highest BCUT2D eigenvalue weighted by Gasteiger charge is 2.32. The van der Waals surface area contributed by atoms with Gasteiger partial charge in [-0.25, -0.2) is 0 Å². The minimum Gasteiger partial charge on any atom is -0.316 e. The highest BCUT2D eigenvalue weighted by atomic mass is 32.2. The molecule has 3 atom stereocenters. The predicted molar refractivity (Wildman–Crippen MR) is 74.6 cm³/mol. The fourth-order valence-electron chi connectivity index (χ4n) is 2.62. The second-order valence-corrected chi connectivity index (χ2v) is 6.38. The van der Waals surface area contributed by atoms with Gasteiger partial charge in [-0.3, -0.25) is 14.3 Å². The van der Waals surface area contributed by atoms with Crippen LogP contribution in [0.1, 0.15) is 25.7 Å². The van der Waals surface area contributed by atoms with E-state index in [1.54, 1.807) is 18.2 Å². The monoisotopic (exact) mass is 282 g/mol. The van der Waals surface area contributed by atoms with Crippen LogP contribution in [0.25, 0.3) is 0 Å². The Morgan fingerprint density at radius 2 is 2.00 bits per heavy atom. The van der Waals surface area contributed by atoms with E-state index < -0.39 is 15.7 Å². The molecule has 1 aromatic carbocycles. The molecule has 3 unspecified atom stereocenters. The van der Waals surface area contributed by atoms with Gasteiger partial charge in [0.25, 0.3) is 5.69 Å². The van der Waals surface area contributed by atoms with Gasteiger partial charge in [0.1, 0.15) is 4.90 Å². The summed E-state index contributed by atoms with van der Waals surface area (Å²) in [6.07, 6.45) is 3.99. The Kier molecular flexibility index (Phi) is 4.66. The Labute approximate surface area is 115 Å². The fraction of sp³-hybridized carbons (Fsp3) is 0.538. The number of nitro groups is 1. The SMILES string of the molecule is CNC1CCCCC1S(=O)c1ccccc1[N+](=O)[O-]. The van der Waals surface area contributed by atoms with Crippen molar-refractivity contribution in [3.8, 4) is 0 Å². The lowest BCUT2D eigenvalue weighted by molar-refractivity contribution is -0.387. The molecule has 0 aliphatic heterocycles. The van der Waals surface area contributed by atoms with Crippen LogP contribution < -0.4 is 5.32 Å². The van der Waals surface area contributed by atoms with Crippen molar-refractivity contribution in [1.82, 2.24) is 5.32 Å². The summed E-state index contributed by atoms with van der Waals surface area (Å²) < 4.78 is 12.7. The van der Waals surface area contributed by atoms with Gasteiger partial charge in [0, 0.05) is 12.1 Å². The molecule has 0 bridgehead atoms. The first-order valence-electron chi connectivity index (χ1n) is 6.46. The van der Waals surface area contributed by atoms with Crippen LogP contribution in [0.5, 0.6) is 0 Å². The molecular weight excluding hydrogens is 264 g/mol. The first kappa shape index (κ1) is 14.1. The molecule has 0 amide bonds. The molecule has 6 heteroatoms. The van der Waals surface area contributed by atoms with Crippen molar-refractivity contribution >= 4 is 16.5 Å². The van der Waals surface area contributed by atoms with Gasteiger partial charge in [0.15, 0.2) is 0 Å². The third-order valence-corrected chi connectivity index (χ3v) is 5.52. The van der Waals surface area contributed by atoms with Crippen LogP contribution in [0, 0.1) is 10.1 Å². The predicted octanol–water partition coefficient (Wildman–Crippen LogP) is 2.23. The van der Waals surface area contributed by atoms with Crippen molar-refractivity contribution in [2.24, 2.45) is 0 Å². The Hall–Kier alpha value is -1.27. The van der Waals surface area contributed by atoms with E-state index in [9.17, 15) is 14.3 Å². The Bertz CT molecular complexity index is 493. The maximum atomic E-state index is 12.7. The smallest absolute Gasteiger partial charge is 0.285 e. The van der Waals surface area contributed by atoms with Crippen LogP contribution in [0.2, 0.25) is 0 Å². The largest absolute Gasteiger partial charge is 0.316 e. The lowest BCUT2D eigenvalue weighted by Gasteiger charge is -2.30. The first-order valence-corrected chi connectivity index (χ1v) is 7.67. The van der Waals surface area contributed by atoms with Crippen LogP contribution in [0.3, 0.4) is 0 Å². The van der Waals surface area contributed by atoms with Crippen LogP contribution in [-0.4, -0.2) is 27.5 Å². The summed E-state index contributed by atoms with van der Waals surface area (Å²) in [6, 6.07) is 6.52. The first-order chi connectivity index (χ1) is 9.15. The number of hydrogen-bond donors (Lipinski definition) is 1. The van der Waals surface area contributed by atoms with Crippen molar-refractivity contribution in [1.29, 1.82) is 0 Å². The van der Waals surface area contributed by atoms with E-state index >= 15 is 0 Å². The molecule has 19 heavy (non-hydrogen) atoms. The van der Waals surface area contributed by atoms with E-state index in [2.05, 4.69) is 5.32 Å². The maximum absolute atomic E-state index is 12.7. The molecule has 1 saturated carbocycles. The number of hydrogen-bond acceptors (Lipinski definition) is 4. The third-order valence-electron chi connectivity index (χ3n) is 3.63. The quantitative estimate of drug-likeness (QED) is 0.679. The number of nitro benzene ring substituents is 1. The van der Waals surface area contributed by atoms with E-state index in [0.717, 1.165) is 25.7 Å². The van der Waals surface area contributed by atoms with Crippen molar-refractivity contribution in [3.05, 3.63) is 34.4 Å². The van der Waals surface area contributed by atoms with Crippen LogP contribution in [-0.2, 0) is 10.8 Å². The van der Waals surface area contributed by atoms with Gasteiger partial charge < -0.3 is 5.32 Å². The topological polar surface area (TPSA) is 72.2 Å². The summed E-state index contributed by atoms with van der Waals surface area (Å²) in [4.78, 5) is 10.9. The highest BCUT2D eigenvalue weighted by Crippen LogP contribution is 2.30. The normalized spacial score (nSPS) is 24.9. The molecule has 0 radical (unpaired) electrons. The number of nitrogens with zero attached hydrogens (tertiary/aromatic N) is 1. The van der Waals surface area contributed by atoms with Gasteiger partial charge in [0.2, 0.25) is 0 Å². The summed E-state index contributed by atoms with van der Waals surface area (Å²) in [5.74, 6) is 0. The number of nitrogens with one attached hydrogen (secondary N) is 1. The molecule has 0 saturated heterocycles. The molecule has 1 aromatic rings.